The minimum atomic E-state index is -0.255. The summed E-state index contributed by atoms with van der Waals surface area (Å²) in [7, 11) is 0. The summed E-state index contributed by atoms with van der Waals surface area (Å²) < 4.78 is 19.0. The third-order valence-corrected chi connectivity index (χ3v) is 7.02. The number of halogens is 1. The predicted octanol–water partition coefficient (Wildman–Crippen LogP) is 8.33. The van der Waals surface area contributed by atoms with Gasteiger partial charge in [0.05, 0.1) is 5.69 Å². The van der Waals surface area contributed by atoms with E-state index in [1.165, 1.54) is 49.8 Å². The van der Waals surface area contributed by atoms with E-state index in [4.69, 9.17) is 9.72 Å². The monoisotopic (exact) mass is 470 g/mol. The third-order valence-electron chi connectivity index (χ3n) is 6.27. The lowest BCUT2D eigenvalue weighted by molar-refractivity contribution is 0.305. The van der Waals surface area contributed by atoms with Crippen molar-refractivity contribution < 1.29 is 9.13 Å². The fraction of sp³-hybridized carbons (Fsp3) is 0.241. The molecule has 4 aromatic rings. The Morgan fingerprint density at radius 3 is 2.53 bits per heavy atom. The van der Waals surface area contributed by atoms with Crippen molar-refractivity contribution in [1.82, 2.24) is 4.98 Å². The zero-order chi connectivity index (χ0) is 23.2. The molecule has 5 heteroatoms. The van der Waals surface area contributed by atoms with Crippen LogP contribution in [-0.4, -0.2) is 11.2 Å². The summed E-state index contributed by atoms with van der Waals surface area (Å²) in [5, 5.41) is 2.80. The van der Waals surface area contributed by atoms with Gasteiger partial charge in [0.1, 0.15) is 18.2 Å². The van der Waals surface area contributed by atoms with Crippen molar-refractivity contribution in [3.05, 3.63) is 101 Å². The molecule has 3 aromatic carbocycles. The van der Waals surface area contributed by atoms with Gasteiger partial charge in [-0.25, -0.2) is 14.4 Å². The molecule has 0 atom stereocenters. The molecule has 1 saturated carbocycles. The van der Waals surface area contributed by atoms with E-state index in [0.717, 1.165) is 39.2 Å². The minimum absolute atomic E-state index is 0.255. The van der Waals surface area contributed by atoms with Crippen LogP contribution in [0.4, 0.5) is 9.52 Å². The van der Waals surface area contributed by atoms with Crippen LogP contribution in [0.1, 0.15) is 54.7 Å². The van der Waals surface area contributed by atoms with Crippen LogP contribution in [-0.2, 0) is 6.61 Å². The molecule has 0 amide bonds. The molecule has 0 saturated heterocycles. The molecule has 1 aliphatic carbocycles. The quantitative estimate of drug-likeness (QED) is 0.254. The van der Waals surface area contributed by atoms with Gasteiger partial charge in [0, 0.05) is 17.2 Å². The van der Waals surface area contributed by atoms with Gasteiger partial charge < -0.3 is 4.74 Å². The van der Waals surface area contributed by atoms with E-state index >= 15 is 0 Å². The normalized spacial score (nSPS) is 14.5. The Bertz CT molecular complexity index is 1240. The van der Waals surface area contributed by atoms with Crippen molar-refractivity contribution in [1.29, 1.82) is 0 Å². The standard InChI is InChI=1S/C29H27FN2OS/c30-26-8-4-5-22(17-26)19-33-27-15-9-21(10-16-27)18-31-29-32-28(20-34-29)25-13-11-24(12-14-25)23-6-2-1-3-7-23/h4-5,8-18,20,23H,1-3,6-7,19H2. The predicted molar refractivity (Wildman–Crippen MR) is 138 cm³/mol. The van der Waals surface area contributed by atoms with Crippen molar-refractivity contribution in [3.63, 3.8) is 0 Å². The van der Waals surface area contributed by atoms with Gasteiger partial charge in [0.15, 0.2) is 0 Å². The largest absolute Gasteiger partial charge is 0.489 e. The Labute approximate surface area is 204 Å². The summed E-state index contributed by atoms with van der Waals surface area (Å²) in [5.41, 5.74) is 5.33. The molecule has 34 heavy (non-hydrogen) atoms. The maximum atomic E-state index is 13.3. The number of benzene rings is 3. The Hall–Kier alpha value is -3.31. The van der Waals surface area contributed by atoms with Crippen LogP contribution in [0.25, 0.3) is 11.3 Å². The molecule has 0 spiro atoms. The summed E-state index contributed by atoms with van der Waals surface area (Å²) in [6.07, 6.45) is 8.52. The Kier molecular flexibility index (Phi) is 7.10. The average Bonchev–Trinajstić information content (AvgIpc) is 3.37. The van der Waals surface area contributed by atoms with Crippen LogP contribution in [0, 0.1) is 5.82 Å². The van der Waals surface area contributed by atoms with Gasteiger partial charge in [0.25, 0.3) is 0 Å². The van der Waals surface area contributed by atoms with E-state index in [1.54, 1.807) is 17.4 Å². The van der Waals surface area contributed by atoms with E-state index in [1.807, 2.05) is 36.5 Å². The van der Waals surface area contributed by atoms with Crippen LogP contribution < -0.4 is 4.74 Å². The first-order chi connectivity index (χ1) is 16.7. The fourth-order valence-corrected chi connectivity index (χ4v) is 5.06. The second kappa shape index (κ2) is 10.7. The number of hydrogen-bond acceptors (Lipinski definition) is 4. The van der Waals surface area contributed by atoms with Crippen LogP contribution in [0.3, 0.4) is 0 Å². The Balaban J connectivity index is 1.18. The molecule has 172 valence electrons. The molecular weight excluding hydrogens is 443 g/mol. The number of nitrogens with zero attached hydrogens (tertiary/aromatic N) is 2. The van der Waals surface area contributed by atoms with Gasteiger partial charge in [-0.05, 0) is 71.8 Å². The van der Waals surface area contributed by atoms with Crippen LogP contribution in [0.2, 0.25) is 0 Å². The SMILES string of the molecule is Fc1cccc(COc2ccc(C=Nc3nc(-c4ccc(C5CCCCC5)cc4)cs3)cc2)c1. The molecule has 0 aliphatic heterocycles. The Morgan fingerprint density at radius 2 is 1.76 bits per heavy atom. The highest BCUT2D eigenvalue weighted by Crippen LogP contribution is 2.34. The number of ether oxygens (including phenoxy) is 1. The van der Waals surface area contributed by atoms with Gasteiger partial charge in [-0.1, -0.05) is 55.7 Å². The molecular formula is C29H27FN2OS. The molecule has 0 bridgehead atoms. The first kappa shape index (κ1) is 22.5. The second-order valence-corrected chi connectivity index (χ2v) is 9.55. The van der Waals surface area contributed by atoms with Crippen LogP contribution in [0.15, 0.2) is 83.2 Å². The van der Waals surface area contributed by atoms with Gasteiger partial charge in [-0.2, -0.15) is 0 Å². The van der Waals surface area contributed by atoms with Crippen LogP contribution in [0.5, 0.6) is 5.75 Å². The molecule has 0 radical (unpaired) electrons. The molecule has 0 unspecified atom stereocenters. The van der Waals surface area contributed by atoms with Gasteiger partial charge in [0.2, 0.25) is 5.13 Å². The molecule has 5 rings (SSSR count). The van der Waals surface area contributed by atoms with Gasteiger partial charge in [-0.3, -0.25) is 0 Å². The molecule has 1 aliphatic rings. The summed E-state index contributed by atoms with van der Waals surface area (Å²) in [4.78, 5) is 9.24. The lowest BCUT2D eigenvalue weighted by atomic mass is 9.84. The second-order valence-electron chi connectivity index (χ2n) is 8.72. The van der Waals surface area contributed by atoms with Crippen molar-refractivity contribution in [2.45, 2.75) is 44.6 Å². The highest BCUT2D eigenvalue weighted by atomic mass is 32.1. The van der Waals surface area contributed by atoms with E-state index < -0.39 is 0 Å². The molecule has 1 aromatic heterocycles. The number of aliphatic imine (C=N–C) groups is 1. The number of hydrogen-bond donors (Lipinski definition) is 0. The van der Waals surface area contributed by atoms with Crippen molar-refractivity contribution in [2.24, 2.45) is 4.99 Å². The maximum absolute atomic E-state index is 13.3. The van der Waals surface area contributed by atoms with Crippen molar-refractivity contribution in [2.75, 3.05) is 0 Å². The third kappa shape index (κ3) is 5.78. The number of thiazole rings is 1. The van der Waals surface area contributed by atoms with Crippen LogP contribution >= 0.6 is 11.3 Å². The molecule has 1 fully saturated rings. The highest BCUT2D eigenvalue weighted by molar-refractivity contribution is 7.13. The Morgan fingerprint density at radius 1 is 0.971 bits per heavy atom. The summed E-state index contributed by atoms with van der Waals surface area (Å²) in [5.74, 6) is 1.20. The van der Waals surface area contributed by atoms with E-state index in [9.17, 15) is 4.39 Å². The van der Waals surface area contributed by atoms with Gasteiger partial charge in [-0.15, -0.1) is 11.3 Å². The zero-order valence-corrected chi connectivity index (χ0v) is 19.8. The number of aromatic nitrogens is 1. The van der Waals surface area contributed by atoms with E-state index in [0.29, 0.717) is 6.61 Å². The lowest BCUT2D eigenvalue weighted by Gasteiger charge is -2.22. The molecule has 3 nitrogen and oxygen atoms in total. The first-order valence-corrected chi connectivity index (χ1v) is 12.7. The topological polar surface area (TPSA) is 34.5 Å². The average molecular weight is 471 g/mol. The minimum Gasteiger partial charge on any atom is -0.489 e. The fourth-order valence-electron chi connectivity index (χ4n) is 4.39. The molecule has 1 heterocycles. The smallest absolute Gasteiger partial charge is 0.209 e. The summed E-state index contributed by atoms with van der Waals surface area (Å²) >= 11 is 1.54. The maximum Gasteiger partial charge on any atom is 0.209 e. The summed E-state index contributed by atoms with van der Waals surface area (Å²) in [6, 6.07) is 23.0. The van der Waals surface area contributed by atoms with Gasteiger partial charge >= 0.3 is 0 Å². The zero-order valence-electron chi connectivity index (χ0n) is 19.0. The first-order valence-electron chi connectivity index (χ1n) is 11.8. The van der Waals surface area contributed by atoms with E-state index in [2.05, 4.69) is 34.6 Å². The summed E-state index contributed by atoms with van der Waals surface area (Å²) in [6.45, 7) is 0.328. The van der Waals surface area contributed by atoms with E-state index in [-0.39, 0.29) is 5.82 Å². The number of rotatable bonds is 7. The van der Waals surface area contributed by atoms with Crippen molar-refractivity contribution >= 4 is 22.7 Å². The highest BCUT2D eigenvalue weighted by Gasteiger charge is 2.15. The lowest BCUT2D eigenvalue weighted by Crippen LogP contribution is -2.04. The molecule has 0 N–H and O–H groups in total. The van der Waals surface area contributed by atoms with Crippen molar-refractivity contribution in [3.8, 4) is 17.0 Å².